The number of nitrogens with one attached hydrogen (secondary N) is 3. The number of anilines is 9. The fraction of sp³-hybridized carbons (Fsp3) is 0.400. The van der Waals surface area contributed by atoms with Crippen molar-refractivity contribution < 1.29 is 82.4 Å². The average Bonchev–Trinajstić information content (AvgIpc) is 1.56. The molecule has 3 aliphatic carbocycles. The number of sulfone groups is 3. The van der Waals surface area contributed by atoms with E-state index in [1.807, 2.05) is 24.1 Å². The van der Waals surface area contributed by atoms with Gasteiger partial charge in [-0.05, 0) is 178 Å². The number of hydrogen-bond acceptors (Lipinski definition) is 24. The van der Waals surface area contributed by atoms with E-state index in [0.717, 1.165) is 44.1 Å². The standard InChI is InChI=1S/C30H34N4O7S.C28H30N4O6S.C27H29BrN4O5S/c1-4-39-29(36)21-5-7-23-26(17-21)42(37,38)25-8-6-20(16-24(25)34(23)3)22(28(35)31-27-10-12-33(2)32-27)15-19-9-11-30(18-19)40-13-14-41-30;1-4-38-28(35)19-6-9-22-25(16-19)39(36,37)24-10-7-18(15-23(24)32(22)3)21(14-17-5-8-20(33)13-17)27(34)29-26-11-12-31(2)30-26;1-31-10-8-25(30-31)29-26(33)20(13-17-7-9-27(16-17)36-11-12-37-27)18-3-6-23-22(14-18)32(2)21-5-4-19(28)15-24(21)38(23,34)35/h5-8,10,12,16-17,19,22H,4,9,11,13-15,18H2,1-3H3,(H,31,32,35);6-7,9-12,15-17,21H,4-5,8,13-14H2,1-3H3,(H,29,30,34);3-6,8,10,14-15,17,20H,7,9,11-13,16H2,1-2H3,(H,29,30,33). The third-order valence-electron chi connectivity index (χ3n) is 23.5. The Bertz CT molecular complexity index is 5860. The lowest BCUT2D eigenvalue weighted by atomic mass is 9.86. The fourth-order valence-corrected chi connectivity index (χ4v) is 23.2. The second kappa shape index (κ2) is 33.6. The van der Waals surface area contributed by atoms with Gasteiger partial charge >= 0.3 is 11.9 Å². The van der Waals surface area contributed by atoms with Gasteiger partial charge in [-0.3, -0.25) is 33.2 Å². The van der Waals surface area contributed by atoms with Crippen LogP contribution in [-0.4, -0.2) is 162 Å². The van der Waals surface area contributed by atoms with Crippen molar-refractivity contribution in [2.24, 2.45) is 38.9 Å². The van der Waals surface area contributed by atoms with Crippen LogP contribution in [0.2, 0.25) is 0 Å². The minimum absolute atomic E-state index is 0.0183. The molecule has 34 heteroatoms. The molecule has 2 saturated heterocycles. The number of esters is 2. The Kier molecular flexibility index (Phi) is 23.6. The van der Waals surface area contributed by atoms with Gasteiger partial charge < -0.3 is 59.1 Å². The minimum Gasteiger partial charge on any atom is -0.462 e. The zero-order valence-corrected chi connectivity index (χ0v) is 71.1. The Morgan fingerprint density at radius 3 is 1.12 bits per heavy atom. The van der Waals surface area contributed by atoms with Gasteiger partial charge in [-0.2, -0.15) is 15.3 Å². The minimum atomic E-state index is -3.95. The lowest BCUT2D eigenvalue weighted by Gasteiger charge is -2.31. The molecule has 5 fully saturated rings. The summed E-state index contributed by atoms with van der Waals surface area (Å²) in [6.07, 6.45) is 13.3. The van der Waals surface area contributed by atoms with Crippen LogP contribution in [0.3, 0.4) is 0 Å². The number of carbonyl (C=O) groups is 6. The number of ketones is 1. The van der Waals surface area contributed by atoms with Crippen LogP contribution in [0.1, 0.15) is 146 Å². The summed E-state index contributed by atoms with van der Waals surface area (Å²) in [5.41, 5.74) is 5.34. The van der Waals surface area contributed by atoms with E-state index in [0.29, 0.717) is 132 Å². The molecular formula is C85H93BrN12O18S3. The number of fused-ring (bicyclic) bond motifs is 6. The number of carbonyl (C=O) groups excluding carboxylic acids is 6. The third kappa shape index (κ3) is 17.0. The van der Waals surface area contributed by atoms with Crippen LogP contribution in [0.5, 0.6) is 0 Å². The Balaban J connectivity index is 0.000000140. The van der Waals surface area contributed by atoms with E-state index in [9.17, 15) is 54.0 Å². The maximum atomic E-state index is 13.8. The zero-order valence-electron chi connectivity index (χ0n) is 67.0. The summed E-state index contributed by atoms with van der Waals surface area (Å²) in [4.78, 5) is 83.6. The van der Waals surface area contributed by atoms with E-state index in [4.69, 9.17) is 28.4 Å². The van der Waals surface area contributed by atoms with Crippen LogP contribution in [-0.2, 0) is 98.3 Å². The molecule has 3 aromatic heterocycles. The lowest BCUT2D eigenvalue weighted by Crippen LogP contribution is -2.28. The van der Waals surface area contributed by atoms with Crippen molar-refractivity contribution in [1.82, 2.24) is 29.3 Å². The quantitative estimate of drug-likeness (QED) is 0.0633. The summed E-state index contributed by atoms with van der Waals surface area (Å²) in [5.74, 6) is -2.62. The van der Waals surface area contributed by atoms with Gasteiger partial charge in [-0.1, -0.05) is 34.1 Å². The van der Waals surface area contributed by atoms with E-state index in [2.05, 4.69) is 47.2 Å². The van der Waals surface area contributed by atoms with Crippen LogP contribution in [0.4, 0.5) is 51.6 Å². The molecule has 5 aliphatic heterocycles. The summed E-state index contributed by atoms with van der Waals surface area (Å²) >= 11 is 3.39. The van der Waals surface area contributed by atoms with Crippen molar-refractivity contribution in [2.75, 3.05) is 91.4 Å². The maximum absolute atomic E-state index is 13.8. The molecule has 6 aromatic carbocycles. The lowest BCUT2D eigenvalue weighted by molar-refractivity contribution is -0.153. The van der Waals surface area contributed by atoms with Crippen LogP contribution in [0, 0.1) is 17.8 Å². The summed E-state index contributed by atoms with van der Waals surface area (Å²) in [7, 11) is -0.917. The molecule has 6 unspecified atom stereocenters. The second-order valence-corrected chi connectivity index (χ2v) is 37.9. The maximum Gasteiger partial charge on any atom is 0.338 e. The molecule has 626 valence electrons. The number of rotatable bonds is 19. The van der Waals surface area contributed by atoms with Gasteiger partial charge in [0, 0.05) is 122 Å². The van der Waals surface area contributed by atoms with Crippen LogP contribution in [0.15, 0.2) is 180 Å². The number of amides is 3. The Morgan fingerprint density at radius 2 is 0.790 bits per heavy atom. The van der Waals surface area contributed by atoms with Gasteiger partial charge in [0.15, 0.2) is 29.0 Å². The number of nitrogens with zero attached hydrogens (tertiary/aromatic N) is 9. The van der Waals surface area contributed by atoms with E-state index >= 15 is 0 Å². The molecule has 3 N–H and O–H groups in total. The first-order chi connectivity index (χ1) is 56.8. The summed E-state index contributed by atoms with van der Waals surface area (Å²) in [5, 5.41) is 21.6. The predicted octanol–water partition coefficient (Wildman–Crippen LogP) is 12.9. The number of ether oxygens (including phenoxy) is 6. The van der Waals surface area contributed by atoms with E-state index in [-0.39, 0.29) is 95.0 Å². The molecule has 119 heavy (non-hydrogen) atoms. The molecule has 0 bridgehead atoms. The predicted molar refractivity (Wildman–Crippen MR) is 443 cm³/mol. The van der Waals surface area contributed by atoms with Crippen molar-refractivity contribution in [1.29, 1.82) is 0 Å². The van der Waals surface area contributed by atoms with Crippen molar-refractivity contribution in [3.63, 3.8) is 0 Å². The average molecular weight is 1750 g/mol. The van der Waals surface area contributed by atoms with Gasteiger partial charge in [-0.25, -0.2) is 34.8 Å². The molecule has 30 nitrogen and oxygen atoms in total. The van der Waals surface area contributed by atoms with Gasteiger partial charge in [0.05, 0.1) is 132 Å². The first-order valence-electron chi connectivity index (χ1n) is 39.6. The molecule has 8 aliphatic rings. The van der Waals surface area contributed by atoms with Gasteiger partial charge in [0.25, 0.3) is 0 Å². The van der Waals surface area contributed by atoms with Crippen molar-refractivity contribution >= 4 is 132 Å². The highest BCUT2D eigenvalue weighted by Crippen LogP contribution is 2.52. The Labute approximate surface area is 698 Å². The first-order valence-corrected chi connectivity index (χ1v) is 44.9. The molecule has 17 rings (SSSR count). The zero-order chi connectivity index (χ0) is 84.2. The molecule has 2 spiro atoms. The molecular weight excluding hydrogens is 1650 g/mol. The fourth-order valence-electron chi connectivity index (χ4n) is 17.6. The number of halogens is 1. The summed E-state index contributed by atoms with van der Waals surface area (Å²) in [6, 6.07) is 34.6. The van der Waals surface area contributed by atoms with Crippen molar-refractivity contribution in [2.45, 2.75) is 150 Å². The topological polar surface area (TPSA) is 359 Å². The van der Waals surface area contributed by atoms with Gasteiger partial charge in [-0.15, -0.1) is 0 Å². The normalized spacial score (nSPS) is 20.2. The van der Waals surface area contributed by atoms with Gasteiger partial charge in [0.1, 0.15) is 5.78 Å². The van der Waals surface area contributed by atoms with Gasteiger partial charge in [0.2, 0.25) is 47.2 Å². The largest absolute Gasteiger partial charge is 0.462 e. The molecule has 9 aromatic rings. The van der Waals surface area contributed by atoms with Crippen molar-refractivity contribution in [3.8, 4) is 0 Å². The highest BCUT2D eigenvalue weighted by molar-refractivity contribution is 9.10. The van der Waals surface area contributed by atoms with E-state index in [1.54, 1.807) is 183 Å². The van der Waals surface area contributed by atoms with Crippen LogP contribution in [0.25, 0.3) is 0 Å². The van der Waals surface area contributed by atoms with E-state index in [1.165, 1.54) is 24.3 Å². The third-order valence-corrected chi connectivity index (χ3v) is 29.5. The van der Waals surface area contributed by atoms with Crippen LogP contribution < -0.4 is 30.7 Å². The smallest absolute Gasteiger partial charge is 0.338 e. The molecule has 6 atom stereocenters. The second-order valence-electron chi connectivity index (χ2n) is 31.3. The molecule has 8 heterocycles. The summed E-state index contributed by atoms with van der Waals surface area (Å²) in [6.45, 7) is 6.08. The van der Waals surface area contributed by atoms with E-state index < -0.39 is 70.8 Å². The SMILES string of the molecule is CCOC(=O)c1ccc2c(c1)S(=O)(=O)c1ccc(C(CC3CCC(=O)C3)C(=O)Nc3ccn(C)n3)cc1N2C.CCOC(=O)c1ccc2c(c1)S(=O)(=O)c1ccc(C(CC3CCC4(C3)OCCO4)C(=O)Nc3ccn(C)n3)cc1N2C.CN1c2cc(C(CC3CCC4(C3)OCCO4)C(=O)Nc3ccn(C)n3)ccc2S(=O)(=O)c2cc(Br)ccc21. The monoisotopic (exact) mass is 1740 g/mol. The van der Waals surface area contributed by atoms with Crippen molar-refractivity contribution in [3.05, 3.63) is 178 Å². The molecule has 3 amide bonds. The first kappa shape index (κ1) is 83.6. The molecule has 3 saturated carbocycles. The number of aryl methyl sites for hydroxylation is 3. The Hall–Kier alpha value is -10.5. The number of hydrogen-bond donors (Lipinski definition) is 3. The highest BCUT2D eigenvalue weighted by atomic mass is 79.9. The number of benzene rings is 6. The molecule has 0 radical (unpaired) electrons. The highest BCUT2D eigenvalue weighted by Gasteiger charge is 2.48. The number of aromatic nitrogens is 6. The van der Waals surface area contributed by atoms with Crippen LogP contribution >= 0.6 is 15.9 Å². The Morgan fingerprint density at radius 1 is 0.445 bits per heavy atom. The summed E-state index contributed by atoms with van der Waals surface area (Å²) < 4.78 is 121. The number of Topliss-reactive ketones (excluding diaryl/α,β-unsaturated/α-hetero) is 1.